The lowest BCUT2D eigenvalue weighted by atomic mass is 10.1. The van der Waals surface area contributed by atoms with E-state index in [0.29, 0.717) is 5.92 Å². The van der Waals surface area contributed by atoms with Gasteiger partial charge in [-0.1, -0.05) is 34.6 Å². The summed E-state index contributed by atoms with van der Waals surface area (Å²) in [5.41, 5.74) is 2.82. The van der Waals surface area contributed by atoms with E-state index in [2.05, 4.69) is 25.3 Å². The zero-order chi connectivity index (χ0) is 12.1. The zero-order valence-corrected chi connectivity index (χ0v) is 11.5. The molecule has 0 radical (unpaired) electrons. The van der Waals surface area contributed by atoms with E-state index in [1.54, 1.807) is 0 Å². The molecule has 0 amide bonds. The number of imidazole rings is 1. The minimum Gasteiger partial charge on any atom is -0.332 e. The maximum absolute atomic E-state index is 4.78. The van der Waals surface area contributed by atoms with Crippen LogP contribution in [0.5, 0.6) is 0 Å². The first-order valence-electron chi connectivity index (χ1n) is 6.82. The van der Waals surface area contributed by atoms with Crippen molar-refractivity contribution in [3.63, 3.8) is 0 Å². The lowest BCUT2D eigenvalue weighted by molar-refractivity contribution is 0.509. The van der Waals surface area contributed by atoms with Crippen molar-refractivity contribution in [2.24, 2.45) is 0 Å². The average molecular weight is 222 g/mol. The Labute approximate surface area is 100 Å². The normalized spacial score (nSPS) is 14.4. The molecule has 2 heteroatoms. The third kappa shape index (κ3) is 2.47. The van der Waals surface area contributed by atoms with Crippen molar-refractivity contribution >= 4 is 0 Å². The molecule has 16 heavy (non-hydrogen) atoms. The van der Waals surface area contributed by atoms with Crippen molar-refractivity contribution < 1.29 is 0 Å². The van der Waals surface area contributed by atoms with Gasteiger partial charge in [-0.25, -0.2) is 4.98 Å². The summed E-state index contributed by atoms with van der Waals surface area (Å²) < 4.78 is 2.46. The zero-order valence-electron chi connectivity index (χ0n) is 11.5. The average Bonchev–Trinajstić information content (AvgIpc) is 2.70. The molecule has 2 heterocycles. The molecule has 2 rings (SSSR count). The van der Waals surface area contributed by atoms with Gasteiger partial charge in [0.1, 0.15) is 5.82 Å². The van der Waals surface area contributed by atoms with Crippen LogP contribution in [0.25, 0.3) is 0 Å². The second-order valence-electron chi connectivity index (χ2n) is 4.48. The van der Waals surface area contributed by atoms with E-state index in [-0.39, 0.29) is 0 Å². The molecular weight excluding hydrogens is 196 g/mol. The molecule has 0 atom stereocenters. The van der Waals surface area contributed by atoms with Crippen LogP contribution < -0.4 is 0 Å². The second-order valence-corrected chi connectivity index (χ2v) is 4.48. The highest BCUT2D eigenvalue weighted by Gasteiger charge is 2.19. The van der Waals surface area contributed by atoms with E-state index in [4.69, 9.17) is 4.98 Å². The Morgan fingerprint density at radius 3 is 2.50 bits per heavy atom. The molecule has 0 spiro atoms. The number of rotatable bonds is 2. The van der Waals surface area contributed by atoms with Gasteiger partial charge in [0.05, 0.1) is 5.69 Å². The highest BCUT2D eigenvalue weighted by molar-refractivity contribution is 5.21. The van der Waals surface area contributed by atoms with Crippen LogP contribution in [0.4, 0.5) is 0 Å². The minimum absolute atomic E-state index is 0.572. The number of nitrogens with zero attached hydrogens (tertiary/aromatic N) is 2. The molecule has 0 fully saturated rings. The third-order valence-electron chi connectivity index (χ3n) is 3.10. The van der Waals surface area contributed by atoms with Crippen LogP contribution in [0, 0.1) is 0 Å². The van der Waals surface area contributed by atoms with Crippen molar-refractivity contribution in [3.8, 4) is 0 Å². The van der Waals surface area contributed by atoms with Gasteiger partial charge in [-0.3, -0.25) is 0 Å². The molecule has 1 aliphatic rings. The van der Waals surface area contributed by atoms with Gasteiger partial charge in [0.15, 0.2) is 0 Å². The van der Waals surface area contributed by atoms with Gasteiger partial charge < -0.3 is 4.57 Å². The van der Waals surface area contributed by atoms with Gasteiger partial charge >= 0.3 is 0 Å². The van der Waals surface area contributed by atoms with E-state index >= 15 is 0 Å². The monoisotopic (exact) mass is 222 g/mol. The third-order valence-corrected chi connectivity index (χ3v) is 3.10. The van der Waals surface area contributed by atoms with Crippen molar-refractivity contribution in [1.82, 2.24) is 9.55 Å². The maximum atomic E-state index is 4.78. The highest BCUT2D eigenvalue weighted by atomic mass is 15.1. The van der Waals surface area contributed by atoms with Crippen molar-refractivity contribution in [2.75, 3.05) is 0 Å². The fourth-order valence-corrected chi connectivity index (χ4v) is 2.40. The molecule has 0 bridgehead atoms. The summed E-state index contributed by atoms with van der Waals surface area (Å²) in [5.74, 6) is 1.90. The first-order valence-corrected chi connectivity index (χ1v) is 6.82. The standard InChI is InChI=1S/C12H20N2.C2H6/c1-4-10-12(9(2)3)13-11-7-5-6-8-14(10)11;1-2/h9H,4-8H2,1-3H3;1-2H3. The van der Waals surface area contributed by atoms with Gasteiger partial charge in [-0.15, -0.1) is 0 Å². The van der Waals surface area contributed by atoms with Gasteiger partial charge in [-0.2, -0.15) is 0 Å². The fourth-order valence-electron chi connectivity index (χ4n) is 2.40. The fraction of sp³-hybridized carbons (Fsp3) is 0.786. The summed E-state index contributed by atoms with van der Waals surface area (Å²) in [4.78, 5) is 4.78. The van der Waals surface area contributed by atoms with Crippen molar-refractivity contribution in [3.05, 3.63) is 17.2 Å². The smallest absolute Gasteiger partial charge is 0.109 e. The van der Waals surface area contributed by atoms with Crippen LogP contribution >= 0.6 is 0 Å². The van der Waals surface area contributed by atoms with Crippen LogP contribution in [0.3, 0.4) is 0 Å². The molecule has 1 aromatic rings. The van der Waals surface area contributed by atoms with Gasteiger partial charge in [0.25, 0.3) is 0 Å². The van der Waals surface area contributed by atoms with Gasteiger partial charge in [0.2, 0.25) is 0 Å². The van der Waals surface area contributed by atoms with Crippen LogP contribution in [0.1, 0.15) is 70.6 Å². The SMILES string of the molecule is CC.CCc1c(C(C)C)nc2n1CCCC2. The Kier molecular flexibility index (Phi) is 5.04. The molecule has 0 saturated carbocycles. The first kappa shape index (κ1) is 13.3. The predicted molar refractivity (Wildman–Crippen MR) is 70.0 cm³/mol. The van der Waals surface area contributed by atoms with E-state index in [9.17, 15) is 0 Å². The van der Waals surface area contributed by atoms with Crippen LogP contribution in [0.2, 0.25) is 0 Å². The summed E-state index contributed by atoms with van der Waals surface area (Å²) in [6.07, 6.45) is 4.95. The highest BCUT2D eigenvalue weighted by Crippen LogP contribution is 2.24. The minimum atomic E-state index is 0.572. The Hall–Kier alpha value is -0.790. The molecule has 0 aliphatic carbocycles. The molecule has 1 aromatic heterocycles. The molecule has 0 N–H and O–H groups in total. The number of hydrogen-bond acceptors (Lipinski definition) is 1. The Bertz CT molecular complexity index is 324. The van der Waals surface area contributed by atoms with Crippen molar-refractivity contribution in [2.45, 2.75) is 72.8 Å². The van der Waals surface area contributed by atoms with Gasteiger partial charge in [0, 0.05) is 18.7 Å². The molecule has 0 unspecified atom stereocenters. The van der Waals surface area contributed by atoms with E-state index < -0.39 is 0 Å². The number of fused-ring (bicyclic) bond motifs is 1. The molecule has 0 saturated heterocycles. The van der Waals surface area contributed by atoms with E-state index in [1.807, 2.05) is 13.8 Å². The Morgan fingerprint density at radius 2 is 1.94 bits per heavy atom. The molecule has 2 nitrogen and oxygen atoms in total. The van der Waals surface area contributed by atoms with Crippen LogP contribution in [-0.2, 0) is 19.4 Å². The molecule has 92 valence electrons. The quantitative estimate of drug-likeness (QED) is 0.741. The molecular formula is C14H26N2. The summed E-state index contributed by atoms with van der Waals surface area (Å²) in [6, 6.07) is 0. The largest absolute Gasteiger partial charge is 0.332 e. The summed E-state index contributed by atoms with van der Waals surface area (Å²) in [7, 11) is 0. The topological polar surface area (TPSA) is 17.8 Å². The predicted octanol–water partition coefficient (Wildman–Crippen LogP) is 3.93. The summed E-state index contributed by atoms with van der Waals surface area (Å²) in [6.45, 7) is 11.9. The first-order chi connectivity index (χ1) is 7.74. The molecule has 0 aromatic carbocycles. The Balaban J connectivity index is 0.000000606. The summed E-state index contributed by atoms with van der Waals surface area (Å²) >= 11 is 0. The maximum Gasteiger partial charge on any atom is 0.109 e. The number of aryl methyl sites for hydroxylation is 1. The van der Waals surface area contributed by atoms with Crippen molar-refractivity contribution in [1.29, 1.82) is 0 Å². The van der Waals surface area contributed by atoms with Gasteiger partial charge in [-0.05, 0) is 25.2 Å². The number of aromatic nitrogens is 2. The van der Waals surface area contributed by atoms with Crippen LogP contribution in [-0.4, -0.2) is 9.55 Å². The number of hydrogen-bond donors (Lipinski definition) is 0. The molecule has 1 aliphatic heterocycles. The summed E-state index contributed by atoms with van der Waals surface area (Å²) in [5, 5.41) is 0. The lowest BCUT2D eigenvalue weighted by Crippen LogP contribution is -2.12. The lowest BCUT2D eigenvalue weighted by Gasteiger charge is -2.16. The van der Waals surface area contributed by atoms with Crippen LogP contribution in [0.15, 0.2) is 0 Å². The Morgan fingerprint density at radius 1 is 1.25 bits per heavy atom. The second kappa shape index (κ2) is 6.07. The van der Waals surface area contributed by atoms with E-state index in [1.165, 1.54) is 43.0 Å². The van der Waals surface area contributed by atoms with E-state index in [0.717, 1.165) is 6.42 Å².